The normalized spacial score (nSPS) is 13.2. The molecule has 17 heavy (non-hydrogen) atoms. The Labute approximate surface area is 108 Å². The van der Waals surface area contributed by atoms with Crippen molar-refractivity contribution >= 4 is 22.6 Å². The summed E-state index contributed by atoms with van der Waals surface area (Å²) in [6, 6.07) is 6.84. The van der Waals surface area contributed by atoms with Crippen LogP contribution in [0, 0.1) is 6.92 Å². The van der Waals surface area contributed by atoms with E-state index in [-0.39, 0.29) is 0 Å². The highest BCUT2D eigenvalue weighted by Crippen LogP contribution is 2.25. The lowest BCUT2D eigenvalue weighted by Gasteiger charge is -2.16. The minimum absolute atomic E-state index is 0.459. The molecule has 2 rings (SSSR count). The Morgan fingerprint density at radius 1 is 1.41 bits per heavy atom. The maximum atomic E-state index is 6.00. The number of imidazole rings is 1. The molecule has 1 heterocycles. The van der Waals surface area contributed by atoms with Crippen LogP contribution in [-0.2, 0) is 5.88 Å². The lowest BCUT2D eigenvalue weighted by Crippen LogP contribution is -2.08. The van der Waals surface area contributed by atoms with Gasteiger partial charge in [-0.15, -0.1) is 11.6 Å². The average molecular weight is 251 g/mol. The molecular weight excluding hydrogens is 232 g/mol. The monoisotopic (exact) mass is 250 g/mol. The van der Waals surface area contributed by atoms with Crippen LogP contribution in [0.25, 0.3) is 11.0 Å². The van der Waals surface area contributed by atoms with Gasteiger partial charge in [0.2, 0.25) is 0 Å². The second kappa shape index (κ2) is 5.09. The molecule has 0 spiro atoms. The molecule has 0 saturated carbocycles. The standard InChI is InChI=1S/C14H19ClN2/c1-4-5-11(3)17-13-8-10(2)6-7-12(13)16-14(17)9-15/h6-8,11H,4-5,9H2,1-3H3. The van der Waals surface area contributed by atoms with E-state index in [0.717, 1.165) is 17.8 Å². The van der Waals surface area contributed by atoms with E-state index in [4.69, 9.17) is 11.6 Å². The predicted octanol–water partition coefficient (Wildman–Crippen LogP) is 4.44. The molecule has 0 radical (unpaired) electrons. The van der Waals surface area contributed by atoms with Crippen LogP contribution < -0.4 is 0 Å². The van der Waals surface area contributed by atoms with Gasteiger partial charge in [0, 0.05) is 6.04 Å². The smallest absolute Gasteiger partial charge is 0.125 e. The summed E-state index contributed by atoms with van der Waals surface area (Å²) in [5, 5.41) is 0. The average Bonchev–Trinajstić information content (AvgIpc) is 2.66. The fraction of sp³-hybridized carbons (Fsp3) is 0.500. The maximum absolute atomic E-state index is 6.00. The lowest BCUT2D eigenvalue weighted by molar-refractivity contribution is 0.500. The van der Waals surface area contributed by atoms with Crippen molar-refractivity contribution in [3.8, 4) is 0 Å². The van der Waals surface area contributed by atoms with E-state index in [1.807, 2.05) is 0 Å². The summed E-state index contributed by atoms with van der Waals surface area (Å²) in [5.41, 5.74) is 3.53. The van der Waals surface area contributed by atoms with Crippen LogP contribution in [0.4, 0.5) is 0 Å². The lowest BCUT2D eigenvalue weighted by atomic mass is 10.1. The van der Waals surface area contributed by atoms with E-state index in [1.165, 1.54) is 17.5 Å². The molecule has 0 N–H and O–H groups in total. The van der Waals surface area contributed by atoms with Gasteiger partial charge in [0.1, 0.15) is 5.82 Å². The summed E-state index contributed by atoms with van der Waals surface area (Å²) < 4.78 is 2.29. The van der Waals surface area contributed by atoms with Gasteiger partial charge in [-0.3, -0.25) is 0 Å². The van der Waals surface area contributed by atoms with Gasteiger partial charge < -0.3 is 4.57 Å². The largest absolute Gasteiger partial charge is 0.324 e. The first kappa shape index (κ1) is 12.4. The summed E-state index contributed by atoms with van der Waals surface area (Å²) in [5.74, 6) is 1.45. The number of nitrogens with zero attached hydrogens (tertiary/aromatic N) is 2. The molecule has 0 saturated heterocycles. The molecule has 0 aliphatic rings. The Morgan fingerprint density at radius 3 is 2.82 bits per heavy atom. The third-order valence-corrected chi connectivity index (χ3v) is 3.42. The number of fused-ring (bicyclic) bond motifs is 1. The zero-order valence-electron chi connectivity index (χ0n) is 10.7. The predicted molar refractivity (Wildman–Crippen MR) is 73.6 cm³/mol. The number of halogens is 1. The van der Waals surface area contributed by atoms with Crippen molar-refractivity contribution in [1.29, 1.82) is 0 Å². The van der Waals surface area contributed by atoms with Crippen LogP contribution in [0.2, 0.25) is 0 Å². The third-order valence-electron chi connectivity index (χ3n) is 3.18. The fourth-order valence-electron chi connectivity index (χ4n) is 2.39. The highest BCUT2D eigenvalue weighted by Gasteiger charge is 2.14. The summed E-state index contributed by atoms with van der Waals surface area (Å²) >= 11 is 6.00. The number of benzene rings is 1. The molecule has 0 amide bonds. The summed E-state index contributed by atoms with van der Waals surface area (Å²) in [7, 11) is 0. The molecule has 0 fully saturated rings. The molecule has 0 bridgehead atoms. The molecule has 92 valence electrons. The van der Waals surface area contributed by atoms with Crippen LogP contribution >= 0.6 is 11.6 Å². The molecule has 1 atom stereocenters. The van der Waals surface area contributed by atoms with Crippen LogP contribution in [0.3, 0.4) is 0 Å². The van der Waals surface area contributed by atoms with E-state index in [1.54, 1.807) is 0 Å². The van der Waals surface area contributed by atoms with Gasteiger partial charge in [0.15, 0.2) is 0 Å². The molecule has 0 aliphatic heterocycles. The van der Waals surface area contributed by atoms with Gasteiger partial charge in [-0.05, 0) is 38.0 Å². The second-order valence-electron chi connectivity index (χ2n) is 4.66. The van der Waals surface area contributed by atoms with Crippen molar-refractivity contribution in [2.24, 2.45) is 0 Å². The number of aromatic nitrogens is 2. The topological polar surface area (TPSA) is 17.8 Å². The van der Waals surface area contributed by atoms with Crippen molar-refractivity contribution in [3.63, 3.8) is 0 Å². The minimum atomic E-state index is 0.459. The Kier molecular flexibility index (Phi) is 3.72. The van der Waals surface area contributed by atoms with Crippen molar-refractivity contribution in [3.05, 3.63) is 29.6 Å². The van der Waals surface area contributed by atoms with Crippen molar-refractivity contribution in [1.82, 2.24) is 9.55 Å². The Morgan fingerprint density at radius 2 is 2.18 bits per heavy atom. The van der Waals surface area contributed by atoms with Crippen molar-refractivity contribution in [2.45, 2.75) is 45.5 Å². The second-order valence-corrected chi connectivity index (χ2v) is 4.93. The highest BCUT2D eigenvalue weighted by molar-refractivity contribution is 6.16. The van der Waals surface area contributed by atoms with E-state index >= 15 is 0 Å². The molecular formula is C14H19ClN2. The van der Waals surface area contributed by atoms with E-state index < -0.39 is 0 Å². The number of alkyl halides is 1. The molecule has 3 heteroatoms. The number of rotatable bonds is 4. The molecule has 1 aromatic carbocycles. The van der Waals surface area contributed by atoms with Gasteiger partial charge in [0.25, 0.3) is 0 Å². The first-order chi connectivity index (χ1) is 8.17. The Balaban J connectivity index is 2.60. The van der Waals surface area contributed by atoms with E-state index in [9.17, 15) is 0 Å². The highest BCUT2D eigenvalue weighted by atomic mass is 35.5. The molecule has 2 aromatic rings. The maximum Gasteiger partial charge on any atom is 0.125 e. The van der Waals surface area contributed by atoms with Gasteiger partial charge >= 0.3 is 0 Å². The summed E-state index contributed by atoms with van der Waals surface area (Å²) in [4.78, 5) is 4.61. The zero-order chi connectivity index (χ0) is 12.4. The first-order valence-corrected chi connectivity index (χ1v) is 6.74. The van der Waals surface area contributed by atoms with E-state index in [0.29, 0.717) is 11.9 Å². The Bertz CT molecular complexity index is 516. The number of hydrogen-bond acceptors (Lipinski definition) is 1. The van der Waals surface area contributed by atoms with Crippen molar-refractivity contribution < 1.29 is 0 Å². The van der Waals surface area contributed by atoms with Crippen LogP contribution in [0.15, 0.2) is 18.2 Å². The zero-order valence-corrected chi connectivity index (χ0v) is 11.5. The molecule has 1 aromatic heterocycles. The summed E-state index contributed by atoms with van der Waals surface area (Å²) in [6.45, 7) is 6.56. The summed E-state index contributed by atoms with van der Waals surface area (Å²) in [6.07, 6.45) is 2.33. The third kappa shape index (κ3) is 2.32. The molecule has 2 nitrogen and oxygen atoms in total. The first-order valence-electron chi connectivity index (χ1n) is 6.20. The van der Waals surface area contributed by atoms with Crippen LogP contribution in [0.5, 0.6) is 0 Å². The molecule has 0 aliphatic carbocycles. The Hall–Kier alpha value is -1.02. The van der Waals surface area contributed by atoms with Gasteiger partial charge in [-0.25, -0.2) is 4.98 Å². The van der Waals surface area contributed by atoms with Gasteiger partial charge in [-0.2, -0.15) is 0 Å². The minimum Gasteiger partial charge on any atom is -0.324 e. The van der Waals surface area contributed by atoms with Crippen LogP contribution in [-0.4, -0.2) is 9.55 Å². The van der Waals surface area contributed by atoms with Crippen molar-refractivity contribution in [2.75, 3.05) is 0 Å². The quantitative estimate of drug-likeness (QED) is 0.734. The van der Waals surface area contributed by atoms with E-state index in [2.05, 4.69) is 48.5 Å². The fourth-order valence-corrected chi connectivity index (χ4v) is 2.57. The molecule has 1 unspecified atom stereocenters. The van der Waals surface area contributed by atoms with Gasteiger partial charge in [-0.1, -0.05) is 19.4 Å². The number of aryl methyl sites for hydroxylation is 1. The SMILES string of the molecule is CCCC(C)n1c(CCl)nc2ccc(C)cc21. The van der Waals surface area contributed by atoms with Crippen LogP contribution in [0.1, 0.15) is 44.1 Å². The van der Waals surface area contributed by atoms with Gasteiger partial charge in [0.05, 0.1) is 16.9 Å². The number of hydrogen-bond donors (Lipinski definition) is 0.